The first-order chi connectivity index (χ1) is 13.0. The molecular formula is C21H26FN3O2. The molecule has 1 aromatic rings. The number of nitrogens with one attached hydrogen (secondary N) is 1. The zero-order valence-electron chi connectivity index (χ0n) is 15.5. The number of hydrogen-bond donors (Lipinski definition) is 1. The number of para-hydroxylation sites is 1. The Labute approximate surface area is 158 Å². The minimum absolute atomic E-state index is 0.0418. The van der Waals surface area contributed by atoms with E-state index in [1.807, 2.05) is 0 Å². The van der Waals surface area contributed by atoms with Crippen molar-refractivity contribution in [1.29, 1.82) is 0 Å². The van der Waals surface area contributed by atoms with Crippen LogP contribution in [0.3, 0.4) is 0 Å². The van der Waals surface area contributed by atoms with Gasteiger partial charge in [-0.05, 0) is 68.4 Å². The number of anilines is 1. The van der Waals surface area contributed by atoms with E-state index < -0.39 is 5.82 Å². The molecule has 5 nitrogen and oxygen atoms in total. The summed E-state index contributed by atoms with van der Waals surface area (Å²) in [5.41, 5.74) is 0.242. The third-order valence-electron chi connectivity index (χ3n) is 7.02. The van der Waals surface area contributed by atoms with E-state index in [0.29, 0.717) is 13.1 Å². The molecule has 1 N–H and O–H groups in total. The topological polar surface area (TPSA) is 52.7 Å². The molecule has 0 spiro atoms. The van der Waals surface area contributed by atoms with Gasteiger partial charge in [0, 0.05) is 18.6 Å². The number of urea groups is 1. The van der Waals surface area contributed by atoms with Gasteiger partial charge in [0.25, 0.3) is 0 Å². The van der Waals surface area contributed by atoms with Crippen LogP contribution in [0.25, 0.3) is 0 Å². The van der Waals surface area contributed by atoms with Crippen molar-refractivity contribution in [3.8, 4) is 0 Å². The Morgan fingerprint density at radius 1 is 1.07 bits per heavy atom. The summed E-state index contributed by atoms with van der Waals surface area (Å²) >= 11 is 0. The molecule has 144 valence electrons. The van der Waals surface area contributed by atoms with E-state index in [-0.39, 0.29) is 29.7 Å². The van der Waals surface area contributed by atoms with E-state index in [9.17, 15) is 14.0 Å². The Morgan fingerprint density at radius 3 is 2.33 bits per heavy atom. The maximum atomic E-state index is 14.0. The van der Waals surface area contributed by atoms with Gasteiger partial charge >= 0.3 is 6.03 Å². The van der Waals surface area contributed by atoms with E-state index in [1.54, 1.807) is 18.2 Å². The van der Waals surface area contributed by atoms with Crippen molar-refractivity contribution in [2.75, 3.05) is 24.5 Å². The average Bonchev–Trinajstić information content (AvgIpc) is 2.94. The maximum Gasteiger partial charge on any atom is 0.325 e. The molecule has 4 saturated carbocycles. The Hall–Kier alpha value is -2.11. The second-order valence-corrected chi connectivity index (χ2v) is 9.05. The van der Waals surface area contributed by atoms with Crippen LogP contribution in [0.15, 0.2) is 24.3 Å². The monoisotopic (exact) mass is 371 g/mol. The molecular weight excluding hydrogens is 345 g/mol. The highest BCUT2D eigenvalue weighted by Crippen LogP contribution is 2.55. The number of nitrogens with zero attached hydrogens (tertiary/aromatic N) is 2. The first-order valence-corrected chi connectivity index (χ1v) is 10.1. The summed E-state index contributed by atoms with van der Waals surface area (Å²) in [5.74, 6) is 1.82. The molecule has 0 aromatic heterocycles. The molecule has 27 heavy (non-hydrogen) atoms. The lowest BCUT2D eigenvalue weighted by molar-refractivity contribution is -0.127. The molecule has 0 atom stereocenters. The summed E-state index contributed by atoms with van der Waals surface area (Å²) in [4.78, 5) is 28.4. The normalized spacial score (nSPS) is 34.4. The fraction of sp³-hybridized carbons (Fsp3) is 0.619. The van der Waals surface area contributed by atoms with Crippen molar-refractivity contribution in [3.05, 3.63) is 30.1 Å². The van der Waals surface area contributed by atoms with E-state index in [1.165, 1.54) is 35.1 Å². The summed E-state index contributed by atoms with van der Waals surface area (Å²) in [5, 5.41) is 3.31. The lowest BCUT2D eigenvalue weighted by Crippen LogP contribution is -2.61. The average molecular weight is 371 g/mol. The molecule has 1 aliphatic heterocycles. The minimum Gasteiger partial charge on any atom is -0.349 e. The van der Waals surface area contributed by atoms with Gasteiger partial charge in [-0.25, -0.2) is 9.18 Å². The van der Waals surface area contributed by atoms with E-state index in [0.717, 1.165) is 37.0 Å². The Kier molecular flexibility index (Phi) is 3.92. The van der Waals surface area contributed by atoms with Gasteiger partial charge in [-0.1, -0.05) is 12.1 Å². The van der Waals surface area contributed by atoms with Crippen LogP contribution in [0.4, 0.5) is 14.9 Å². The quantitative estimate of drug-likeness (QED) is 0.884. The molecule has 4 bridgehead atoms. The Morgan fingerprint density at radius 2 is 1.70 bits per heavy atom. The molecule has 1 saturated heterocycles. The van der Waals surface area contributed by atoms with Crippen LogP contribution < -0.4 is 10.2 Å². The highest BCUT2D eigenvalue weighted by molar-refractivity contribution is 5.96. The van der Waals surface area contributed by atoms with Crippen LogP contribution in [0.2, 0.25) is 0 Å². The fourth-order valence-corrected chi connectivity index (χ4v) is 6.40. The van der Waals surface area contributed by atoms with E-state index in [2.05, 4.69) is 5.32 Å². The summed E-state index contributed by atoms with van der Waals surface area (Å²) in [6, 6.07) is 5.99. The molecule has 5 aliphatic rings. The van der Waals surface area contributed by atoms with Gasteiger partial charge in [0.1, 0.15) is 12.4 Å². The molecule has 1 aromatic carbocycles. The van der Waals surface area contributed by atoms with Gasteiger partial charge in [0.15, 0.2) is 0 Å². The summed E-state index contributed by atoms with van der Waals surface area (Å²) in [7, 11) is 0. The van der Waals surface area contributed by atoms with Gasteiger partial charge < -0.3 is 10.2 Å². The van der Waals surface area contributed by atoms with Gasteiger partial charge in [0.2, 0.25) is 5.91 Å². The number of amides is 3. The smallest absolute Gasteiger partial charge is 0.325 e. The number of benzene rings is 1. The predicted molar refractivity (Wildman–Crippen MR) is 99.8 cm³/mol. The third kappa shape index (κ3) is 2.99. The van der Waals surface area contributed by atoms with Crippen molar-refractivity contribution in [3.63, 3.8) is 0 Å². The van der Waals surface area contributed by atoms with Crippen molar-refractivity contribution in [1.82, 2.24) is 10.2 Å². The second kappa shape index (κ2) is 6.21. The fourth-order valence-electron chi connectivity index (χ4n) is 6.40. The van der Waals surface area contributed by atoms with Gasteiger partial charge in [0.05, 0.1) is 5.69 Å². The Balaban J connectivity index is 1.23. The lowest BCUT2D eigenvalue weighted by atomic mass is 9.53. The van der Waals surface area contributed by atoms with Crippen LogP contribution in [0, 0.1) is 23.6 Å². The molecule has 6 rings (SSSR count). The van der Waals surface area contributed by atoms with E-state index in [4.69, 9.17) is 0 Å². The Bertz CT molecular complexity index is 745. The third-order valence-corrected chi connectivity index (χ3v) is 7.02. The molecule has 4 aliphatic carbocycles. The highest BCUT2D eigenvalue weighted by Gasteiger charge is 2.51. The molecule has 3 amide bonds. The maximum absolute atomic E-state index is 14.0. The summed E-state index contributed by atoms with van der Waals surface area (Å²) in [6.45, 7) is 0.914. The van der Waals surface area contributed by atoms with Crippen molar-refractivity contribution < 1.29 is 14.0 Å². The number of hydrogen-bond acceptors (Lipinski definition) is 2. The lowest BCUT2D eigenvalue weighted by Gasteiger charge is -2.57. The first kappa shape index (κ1) is 17.0. The molecule has 1 heterocycles. The summed E-state index contributed by atoms with van der Waals surface area (Å²) in [6.07, 6.45) is 7.28. The number of halogens is 1. The molecule has 0 radical (unpaired) electrons. The van der Waals surface area contributed by atoms with Crippen LogP contribution in [0.1, 0.15) is 38.5 Å². The van der Waals surface area contributed by atoms with Crippen LogP contribution in [-0.2, 0) is 4.79 Å². The van der Waals surface area contributed by atoms with Gasteiger partial charge in [-0.3, -0.25) is 9.69 Å². The van der Waals surface area contributed by atoms with Crippen LogP contribution >= 0.6 is 0 Å². The molecule has 6 heteroatoms. The van der Waals surface area contributed by atoms with Crippen molar-refractivity contribution in [2.24, 2.45) is 17.8 Å². The standard InChI is InChI=1S/C21H26FN3O2/c22-17-3-1-2-4-18(17)25-6-5-24(20(25)27)13-19(26)23-21-10-14-7-15(11-21)9-16(8-14)12-21/h1-4,14-16H,5-13H2,(H,23,26). The SMILES string of the molecule is O=C(CN1CCN(c2ccccc2F)C1=O)NC12CC3CC(CC(C3)C1)C2. The first-order valence-electron chi connectivity index (χ1n) is 10.1. The van der Waals surface area contributed by atoms with Crippen molar-refractivity contribution >= 4 is 17.6 Å². The molecule has 0 unspecified atom stereocenters. The highest BCUT2D eigenvalue weighted by atomic mass is 19.1. The van der Waals surface area contributed by atoms with E-state index >= 15 is 0 Å². The van der Waals surface area contributed by atoms with Crippen LogP contribution in [0.5, 0.6) is 0 Å². The zero-order valence-corrected chi connectivity index (χ0v) is 15.5. The second-order valence-electron chi connectivity index (χ2n) is 9.05. The number of rotatable bonds is 4. The zero-order chi connectivity index (χ0) is 18.6. The van der Waals surface area contributed by atoms with Crippen LogP contribution in [-0.4, -0.2) is 42.0 Å². The number of carbonyl (C=O) groups is 2. The minimum atomic E-state index is -0.411. The van der Waals surface area contributed by atoms with Gasteiger partial charge in [-0.2, -0.15) is 0 Å². The predicted octanol–water partition coefficient (Wildman–Crippen LogP) is 3.15. The van der Waals surface area contributed by atoms with Crippen molar-refractivity contribution in [2.45, 2.75) is 44.1 Å². The molecule has 5 fully saturated rings. The largest absolute Gasteiger partial charge is 0.349 e. The number of carbonyl (C=O) groups excluding carboxylic acids is 2. The van der Waals surface area contributed by atoms with Gasteiger partial charge in [-0.15, -0.1) is 0 Å². The summed E-state index contributed by atoms with van der Waals surface area (Å²) < 4.78 is 14.0.